The molecular weight excluding hydrogens is 346 g/mol. The van der Waals surface area contributed by atoms with E-state index in [1.165, 1.54) is 30.4 Å². The molecule has 4 heteroatoms. The summed E-state index contributed by atoms with van der Waals surface area (Å²) >= 11 is 6.14. The number of para-hydroxylation sites is 1. The molecule has 26 heavy (non-hydrogen) atoms. The minimum absolute atomic E-state index is 0.0568. The predicted molar refractivity (Wildman–Crippen MR) is 106 cm³/mol. The quantitative estimate of drug-likeness (QED) is 0.752. The lowest BCUT2D eigenvalue weighted by Gasteiger charge is -2.23. The molecular formula is C22H26ClNO2. The molecule has 1 amide bonds. The van der Waals surface area contributed by atoms with Crippen LogP contribution in [0.2, 0.25) is 5.02 Å². The SMILES string of the molecule is CC[C@@H](Oc1ccccc1Cl)C(=O)N[C@@H](C)c1ccc2c(c1)CCCC2. The van der Waals surface area contributed by atoms with Crippen LogP contribution in [-0.2, 0) is 17.6 Å². The highest BCUT2D eigenvalue weighted by molar-refractivity contribution is 6.32. The highest BCUT2D eigenvalue weighted by Gasteiger charge is 2.22. The van der Waals surface area contributed by atoms with Crippen molar-refractivity contribution >= 4 is 17.5 Å². The van der Waals surface area contributed by atoms with Crippen molar-refractivity contribution in [2.45, 2.75) is 58.1 Å². The molecule has 0 unspecified atom stereocenters. The molecule has 0 fully saturated rings. The Morgan fingerprint density at radius 1 is 1.15 bits per heavy atom. The summed E-state index contributed by atoms with van der Waals surface area (Å²) in [5.74, 6) is 0.426. The molecule has 0 saturated heterocycles. The molecule has 0 saturated carbocycles. The number of hydrogen-bond acceptors (Lipinski definition) is 2. The summed E-state index contributed by atoms with van der Waals surface area (Å²) in [6.45, 7) is 3.95. The van der Waals surface area contributed by atoms with Crippen LogP contribution in [-0.4, -0.2) is 12.0 Å². The van der Waals surface area contributed by atoms with Crippen LogP contribution in [0.4, 0.5) is 0 Å². The summed E-state index contributed by atoms with van der Waals surface area (Å²) in [6.07, 6.45) is 4.84. The molecule has 2 atom stereocenters. The van der Waals surface area contributed by atoms with Crippen molar-refractivity contribution in [1.29, 1.82) is 0 Å². The van der Waals surface area contributed by atoms with E-state index in [2.05, 4.69) is 23.5 Å². The minimum Gasteiger partial charge on any atom is -0.479 e. The van der Waals surface area contributed by atoms with Crippen molar-refractivity contribution in [3.63, 3.8) is 0 Å². The van der Waals surface area contributed by atoms with Gasteiger partial charge in [0.05, 0.1) is 11.1 Å². The van der Waals surface area contributed by atoms with E-state index < -0.39 is 6.10 Å². The molecule has 2 aromatic rings. The monoisotopic (exact) mass is 371 g/mol. The molecule has 1 N–H and O–H groups in total. The van der Waals surface area contributed by atoms with Crippen LogP contribution in [0.15, 0.2) is 42.5 Å². The fourth-order valence-corrected chi connectivity index (χ4v) is 3.61. The van der Waals surface area contributed by atoms with Gasteiger partial charge in [-0.15, -0.1) is 0 Å². The lowest BCUT2D eigenvalue weighted by molar-refractivity contribution is -0.128. The van der Waals surface area contributed by atoms with Crippen LogP contribution in [0.5, 0.6) is 5.75 Å². The molecule has 3 nitrogen and oxygen atoms in total. The Morgan fingerprint density at radius 3 is 2.62 bits per heavy atom. The van der Waals surface area contributed by atoms with E-state index in [1.54, 1.807) is 12.1 Å². The Bertz CT molecular complexity index is 774. The van der Waals surface area contributed by atoms with Gasteiger partial charge in [0.25, 0.3) is 5.91 Å². The van der Waals surface area contributed by atoms with E-state index in [0.29, 0.717) is 17.2 Å². The maximum Gasteiger partial charge on any atom is 0.261 e. The molecule has 138 valence electrons. The van der Waals surface area contributed by atoms with Crippen LogP contribution in [0, 0.1) is 0 Å². The Morgan fingerprint density at radius 2 is 1.88 bits per heavy atom. The zero-order valence-electron chi connectivity index (χ0n) is 15.4. The zero-order chi connectivity index (χ0) is 18.5. The lowest BCUT2D eigenvalue weighted by atomic mass is 9.89. The smallest absolute Gasteiger partial charge is 0.261 e. The molecule has 0 radical (unpaired) electrons. The van der Waals surface area contributed by atoms with E-state index in [-0.39, 0.29) is 11.9 Å². The first-order chi connectivity index (χ1) is 12.6. The third kappa shape index (κ3) is 4.39. The predicted octanol–water partition coefficient (Wildman–Crippen LogP) is 5.25. The molecule has 2 aromatic carbocycles. The second kappa shape index (κ2) is 8.59. The van der Waals surface area contributed by atoms with Crippen molar-refractivity contribution in [1.82, 2.24) is 5.32 Å². The Balaban J connectivity index is 1.66. The summed E-state index contributed by atoms with van der Waals surface area (Å²) in [5, 5.41) is 3.60. The number of carbonyl (C=O) groups excluding carboxylic acids is 1. The first kappa shape index (κ1) is 18.8. The second-order valence-electron chi connectivity index (χ2n) is 6.91. The summed E-state index contributed by atoms with van der Waals surface area (Å²) in [7, 11) is 0. The van der Waals surface area contributed by atoms with Crippen molar-refractivity contribution in [3.05, 3.63) is 64.2 Å². The van der Waals surface area contributed by atoms with E-state index in [0.717, 1.165) is 12.0 Å². The Hall–Kier alpha value is -2.00. The van der Waals surface area contributed by atoms with Crippen molar-refractivity contribution in [2.24, 2.45) is 0 Å². The van der Waals surface area contributed by atoms with Gasteiger partial charge in [-0.3, -0.25) is 4.79 Å². The molecule has 0 aromatic heterocycles. The second-order valence-corrected chi connectivity index (χ2v) is 7.32. The summed E-state index contributed by atoms with van der Waals surface area (Å²) in [4.78, 5) is 12.7. The van der Waals surface area contributed by atoms with Gasteiger partial charge in [0.15, 0.2) is 6.10 Å². The minimum atomic E-state index is -0.560. The molecule has 0 spiro atoms. The number of hydrogen-bond donors (Lipinski definition) is 1. The maximum absolute atomic E-state index is 12.7. The summed E-state index contributed by atoms with van der Waals surface area (Å²) in [5.41, 5.74) is 4.02. The average molecular weight is 372 g/mol. The fraction of sp³-hybridized carbons (Fsp3) is 0.409. The standard InChI is InChI=1S/C22H26ClNO2/c1-3-20(26-21-11-7-6-10-19(21)23)22(25)24-15(2)17-13-12-16-8-4-5-9-18(16)14-17/h6-7,10-15,20H,3-5,8-9H2,1-2H3,(H,24,25)/t15-,20+/m0/s1. The largest absolute Gasteiger partial charge is 0.479 e. The van der Waals surface area contributed by atoms with Gasteiger partial charge < -0.3 is 10.1 Å². The van der Waals surface area contributed by atoms with Crippen molar-refractivity contribution < 1.29 is 9.53 Å². The third-order valence-electron chi connectivity index (χ3n) is 5.00. The molecule has 3 rings (SSSR count). The third-order valence-corrected chi connectivity index (χ3v) is 5.31. The molecule has 0 bridgehead atoms. The highest BCUT2D eigenvalue weighted by Crippen LogP contribution is 2.26. The van der Waals surface area contributed by atoms with E-state index in [4.69, 9.17) is 16.3 Å². The number of amides is 1. The van der Waals surface area contributed by atoms with Gasteiger partial charge in [-0.05, 0) is 67.9 Å². The first-order valence-corrected chi connectivity index (χ1v) is 9.79. The van der Waals surface area contributed by atoms with Gasteiger partial charge in [-0.25, -0.2) is 0 Å². The lowest BCUT2D eigenvalue weighted by Crippen LogP contribution is -2.39. The zero-order valence-corrected chi connectivity index (χ0v) is 16.2. The fourth-order valence-electron chi connectivity index (χ4n) is 3.43. The number of fused-ring (bicyclic) bond motifs is 1. The van der Waals surface area contributed by atoms with E-state index >= 15 is 0 Å². The van der Waals surface area contributed by atoms with Gasteiger partial charge in [0.2, 0.25) is 0 Å². The van der Waals surface area contributed by atoms with Crippen molar-refractivity contribution in [3.8, 4) is 5.75 Å². The molecule has 1 aliphatic rings. The number of halogens is 1. The van der Waals surface area contributed by atoms with Gasteiger partial charge in [-0.1, -0.05) is 48.9 Å². The summed E-state index contributed by atoms with van der Waals surface area (Å²) < 4.78 is 5.84. The number of nitrogens with one attached hydrogen (secondary N) is 1. The molecule has 1 aliphatic carbocycles. The Kier molecular flexibility index (Phi) is 6.20. The number of aryl methyl sites for hydroxylation is 2. The Labute approximate surface area is 160 Å². The van der Waals surface area contributed by atoms with Crippen molar-refractivity contribution in [2.75, 3.05) is 0 Å². The van der Waals surface area contributed by atoms with E-state index in [9.17, 15) is 4.79 Å². The van der Waals surface area contributed by atoms with Gasteiger partial charge in [0.1, 0.15) is 5.75 Å². The number of benzene rings is 2. The van der Waals surface area contributed by atoms with Crippen LogP contribution in [0.3, 0.4) is 0 Å². The summed E-state index contributed by atoms with van der Waals surface area (Å²) in [6, 6.07) is 13.8. The highest BCUT2D eigenvalue weighted by atomic mass is 35.5. The van der Waals surface area contributed by atoms with E-state index in [1.807, 2.05) is 26.0 Å². The van der Waals surface area contributed by atoms with Crippen LogP contribution in [0.25, 0.3) is 0 Å². The van der Waals surface area contributed by atoms with Gasteiger partial charge in [-0.2, -0.15) is 0 Å². The van der Waals surface area contributed by atoms with Crippen LogP contribution < -0.4 is 10.1 Å². The van der Waals surface area contributed by atoms with Crippen LogP contribution >= 0.6 is 11.6 Å². The first-order valence-electron chi connectivity index (χ1n) is 9.41. The number of ether oxygens (including phenoxy) is 1. The number of rotatable bonds is 6. The molecule has 0 aliphatic heterocycles. The topological polar surface area (TPSA) is 38.3 Å². The molecule has 0 heterocycles. The van der Waals surface area contributed by atoms with Gasteiger partial charge >= 0.3 is 0 Å². The number of carbonyl (C=O) groups is 1. The average Bonchev–Trinajstić information content (AvgIpc) is 2.66. The van der Waals surface area contributed by atoms with Crippen LogP contribution in [0.1, 0.15) is 55.8 Å². The van der Waals surface area contributed by atoms with Gasteiger partial charge in [0, 0.05) is 0 Å². The normalized spacial score (nSPS) is 15.7. The maximum atomic E-state index is 12.7.